The third-order valence-corrected chi connectivity index (χ3v) is 5.72. The number of carbonyl (C=O) groups excluding carboxylic acids is 1. The standard InChI is InChI=1S/C24H24N4O5S/c1-31-18-10-6-11-19(32-2)21(18)33-15-17(29)14-25-24(30)22-26-23(20-12-7-13-34-20)28(27-22)16-8-4-3-5-9-16/h3-13,17,29H,14-15H2,1-2H3,(H,25,30). The number of aliphatic hydroxyl groups is 1. The molecule has 0 aliphatic carbocycles. The van der Waals surface area contributed by atoms with E-state index in [0.29, 0.717) is 23.1 Å². The van der Waals surface area contributed by atoms with Crippen molar-refractivity contribution in [2.75, 3.05) is 27.4 Å². The van der Waals surface area contributed by atoms with Crippen LogP contribution in [0.3, 0.4) is 0 Å². The first-order valence-electron chi connectivity index (χ1n) is 10.5. The topological polar surface area (TPSA) is 108 Å². The largest absolute Gasteiger partial charge is 0.493 e. The Bertz CT molecular complexity index is 1210. The van der Waals surface area contributed by atoms with Gasteiger partial charge in [0.05, 0.1) is 24.8 Å². The Morgan fingerprint density at radius 2 is 1.79 bits per heavy atom. The highest BCUT2D eigenvalue weighted by atomic mass is 32.1. The molecule has 0 saturated carbocycles. The molecule has 2 N–H and O–H groups in total. The van der Waals surface area contributed by atoms with Gasteiger partial charge in [0.2, 0.25) is 11.6 Å². The molecule has 4 aromatic rings. The van der Waals surface area contributed by atoms with E-state index in [1.54, 1.807) is 22.9 Å². The first-order valence-corrected chi connectivity index (χ1v) is 11.3. The molecule has 0 aliphatic heterocycles. The lowest BCUT2D eigenvalue weighted by atomic mass is 10.3. The van der Waals surface area contributed by atoms with Crippen LogP contribution in [-0.2, 0) is 0 Å². The number of hydrogen-bond acceptors (Lipinski definition) is 8. The van der Waals surface area contributed by atoms with E-state index in [0.717, 1.165) is 10.6 Å². The molecule has 2 heterocycles. The van der Waals surface area contributed by atoms with Gasteiger partial charge in [0.25, 0.3) is 5.91 Å². The van der Waals surface area contributed by atoms with E-state index in [1.807, 2.05) is 47.8 Å². The number of aromatic nitrogens is 3. The minimum absolute atomic E-state index is 0.00627. The van der Waals surface area contributed by atoms with Crippen molar-refractivity contribution in [2.45, 2.75) is 6.10 Å². The molecule has 0 radical (unpaired) electrons. The molecule has 1 unspecified atom stereocenters. The predicted molar refractivity (Wildman–Crippen MR) is 128 cm³/mol. The zero-order valence-corrected chi connectivity index (χ0v) is 19.5. The van der Waals surface area contributed by atoms with Gasteiger partial charge >= 0.3 is 0 Å². The van der Waals surface area contributed by atoms with Crippen molar-refractivity contribution in [2.24, 2.45) is 0 Å². The molecule has 0 bridgehead atoms. The van der Waals surface area contributed by atoms with Crippen molar-refractivity contribution < 1.29 is 24.1 Å². The molecule has 176 valence electrons. The number of ether oxygens (including phenoxy) is 3. The third kappa shape index (κ3) is 5.19. The van der Waals surface area contributed by atoms with E-state index in [-0.39, 0.29) is 19.0 Å². The third-order valence-electron chi connectivity index (χ3n) is 4.85. The number of benzene rings is 2. The number of hydrogen-bond donors (Lipinski definition) is 2. The Labute approximate surface area is 200 Å². The Morgan fingerprint density at radius 3 is 2.44 bits per heavy atom. The van der Waals surface area contributed by atoms with Crippen molar-refractivity contribution in [3.63, 3.8) is 0 Å². The Balaban J connectivity index is 1.43. The van der Waals surface area contributed by atoms with Crippen molar-refractivity contribution in [1.82, 2.24) is 20.1 Å². The van der Waals surface area contributed by atoms with Crippen LogP contribution in [0.4, 0.5) is 0 Å². The number of thiophene rings is 1. The number of nitrogens with zero attached hydrogens (tertiary/aromatic N) is 3. The van der Waals surface area contributed by atoms with Gasteiger partial charge in [-0.3, -0.25) is 4.79 Å². The number of para-hydroxylation sites is 2. The minimum atomic E-state index is -0.980. The zero-order valence-electron chi connectivity index (χ0n) is 18.7. The molecule has 34 heavy (non-hydrogen) atoms. The average molecular weight is 481 g/mol. The summed E-state index contributed by atoms with van der Waals surface area (Å²) in [6, 6.07) is 18.5. The van der Waals surface area contributed by atoms with E-state index in [2.05, 4.69) is 15.4 Å². The number of nitrogens with one attached hydrogen (secondary N) is 1. The fourth-order valence-electron chi connectivity index (χ4n) is 3.21. The number of aliphatic hydroxyl groups excluding tert-OH is 1. The second-order valence-corrected chi connectivity index (χ2v) is 8.10. The molecule has 9 nitrogen and oxygen atoms in total. The van der Waals surface area contributed by atoms with Crippen LogP contribution in [0.25, 0.3) is 16.4 Å². The highest BCUT2D eigenvalue weighted by molar-refractivity contribution is 7.13. The first-order chi connectivity index (χ1) is 16.6. The molecule has 0 spiro atoms. The molecule has 10 heteroatoms. The monoisotopic (exact) mass is 480 g/mol. The maximum absolute atomic E-state index is 12.8. The molecule has 2 aromatic heterocycles. The van der Waals surface area contributed by atoms with Gasteiger partial charge in [-0.1, -0.05) is 30.3 Å². The maximum atomic E-state index is 12.8. The van der Waals surface area contributed by atoms with Gasteiger partial charge in [-0.25, -0.2) is 9.67 Å². The summed E-state index contributed by atoms with van der Waals surface area (Å²) >= 11 is 1.51. The molecule has 2 aromatic carbocycles. The van der Waals surface area contributed by atoms with Crippen LogP contribution in [0, 0.1) is 0 Å². The molecule has 0 fully saturated rings. The van der Waals surface area contributed by atoms with Crippen LogP contribution >= 0.6 is 11.3 Å². The van der Waals surface area contributed by atoms with Crippen LogP contribution in [0.2, 0.25) is 0 Å². The van der Waals surface area contributed by atoms with Crippen molar-refractivity contribution in [1.29, 1.82) is 0 Å². The maximum Gasteiger partial charge on any atom is 0.291 e. The van der Waals surface area contributed by atoms with E-state index in [1.165, 1.54) is 25.6 Å². The van der Waals surface area contributed by atoms with E-state index < -0.39 is 12.0 Å². The number of carbonyl (C=O) groups is 1. The van der Waals surface area contributed by atoms with Gasteiger partial charge < -0.3 is 24.6 Å². The smallest absolute Gasteiger partial charge is 0.291 e. The van der Waals surface area contributed by atoms with Crippen molar-refractivity contribution >= 4 is 17.2 Å². The summed E-state index contributed by atoms with van der Waals surface area (Å²) in [5, 5.41) is 19.4. The predicted octanol–water partition coefficient (Wildman–Crippen LogP) is 3.18. The SMILES string of the molecule is COc1cccc(OC)c1OCC(O)CNC(=O)c1nc(-c2cccs2)n(-c2ccccc2)n1. The summed E-state index contributed by atoms with van der Waals surface area (Å²) in [7, 11) is 3.04. The number of amides is 1. The highest BCUT2D eigenvalue weighted by Crippen LogP contribution is 2.36. The minimum Gasteiger partial charge on any atom is -0.493 e. The van der Waals surface area contributed by atoms with Gasteiger partial charge in [0, 0.05) is 6.54 Å². The van der Waals surface area contributed by atoms with E-state index in [4.69, 9.17) is 14.2 Å². The van der Waals surface area contributed by atoms with Crippen molar-refractivity contribution in [3.8, 4) is 33.6 Å². The molecule has 4 rings (SSSR count). The summed E-state index contributed by atoms with van der Waals surface area (Å²) < 4.78 is 17.9. The highest BCUT2D eigenvalue weighted by Gasteiger charge is 2.20. The fourth-order valence-corrected chi connectivity index (χ4v) is 3.91. The molecule has 1 amide bonds. The summed E-state index contributed by atoms with van der Waals surface area (Å²) in [5.41, 5.74) is 0.789. The van der Waals surface area contributed by atoms with Crippen LogP contribution in [0.15, 0.2) is 66.0 Å². The van der Waals surface area contributed by atoms with Crippen molar-refractivity contribution in [3.05, 3.63) is 71.9 Å². The number of methoxy groups -OCH3 is 2. The summed E-state index contributed by atoms with van der Waals surface area (Å²) in [6.45, 7) is -0.131. The quantitative estimate of drug-likeness (QED) is 0.359. The summed E-state index contributed by atoms with van der Waals surface area (Å²) in [5.74, 6) is 1.41. The van der Waals surface area contributed by atoms with E-state index >= 15 is 0 Å². The lowest BCUT2D eigenvalue weighted by molar-refractivity contribution is 0.0826. The molecule has 1 atom stereocenters. The van der Waals surface area contributed by atoms with E-state index in [9.17, 15) is 9.90 Å². The van der Waals surface area contributed by atoms with Gasteiger partial charge in [0.1, 0.15) is 12.7 Å². The summed E-state index contributed by atoms with van der Waals surface area (Å²) in [4.78, 5) is 18.1. The molecule has 0 saturated heterocycles. The van der Waals surface area contributed by atoms with Gasteiger partial charge in [-0.05, 0) is 35.7 Å². The van der Waals surface area contributed by atoms with Crippen LogP contribution in [-0.4, -0.2) is 59.3 Å². The first kappa shape index (κ1) is 23.3. The average Bonchev–Trinajstić information content (AvgIpc) is 3.56. The second-order valence-electron chi connectivity index (χ2n) is 7.15. The van der Waals surface area contributed by atoms with Crippen LogP contribution in [0.5, 0.6) is 17.2 Å². The normalized spacial score (nSPS) is 11.6. The lowest BCUT2D eigenvalue weighted by Crippen LogP contribution is -2.35. The summed E-state index contributed by atoms with van der Waals surface area (Å²) in [6.07, 6.45) is -0.980. The second kappa shape index (κ2) is 10.8. The Morgan fingerprint density at radius 1 is 1.06 bits per heavy atom. The van der Waals surface area contributed by atoms with Gasteiger partial charge in [0.15, 0.2) is 17.3 Å². The number of rotatable bonds is 10. The fraction of sp³-hybridized carbons (Fsp3) is 0.208. The lowest BCUT2D eigenvalue weighted by Gasteiger charge is -2.16. The molecule has 0 aliphatic rings. The van der Waals surface area contributed by atoms with Gasteiger partial charge in [-0.15, -0.1) is 16.4 Å². The molecular formula is C24H24N4O5S. The molecular weight excluding hydrogens is 456 g/mol. The Kier molecular flexibility index (Phi) is 7.41. The zero-order chi connectivity index (χ0) is 23.9. The van der Waals surface area contributed by atoms with Gasteiger partial charge in [-0.2, -0.15) is 0 Å². The van der Waals surface area contributed by atoms with Crippen LogP contribution < -0.4 is 19.5 Å². The Hall–Kier alpha value is -3.89. The van der Waals surface area contributed by atoms with Crippen LogP contribution in [0.1, 0.15) is 10.6 Å².